The standard InChI is InChI=1S/C20H36Cl2O3/c1-3-5-7-9-11-13-15-17(21)19(23)25-20(24)18(22)16-14-12-10-8-6-4-2/h17-18H,3-16H2,1-2H3. The van der Waals surface area contributed by atoms with Crippen LogP contribution < -0.4 is 0 Å². The Kier molecular flexibility index (Phi) is 17.0. The van der Waals surface area contributed by atoms with Crippen LogP contribution in [-0.4, -0.2) is 22.7 Å². The molecule has 0 N–H and O–H groups in total. The smallest absolute Gasteiger partial charge is 0.331 e. The lowest BCUT2D eigenvalue weighted by Gasteiger charge is -2.11. The first kappa shape index (κ1) is 24.7. The van der Waals surface area contributed by atoms with Gasteiger partial charge in [0.25, 0.3) is 0 Å². The fourth-order valence-electron chi connectivity index (χ4n) is 2.67. The molecule has 25 heavy (non-hydrogen) atoms. The number of alkyl halides is 2. The number of halogens is 2. The molecule has 0 aromatic heterocycles. The third kappa shape index (κ3) is 14.6. The van der Waals surface area contributed by atoms with Gasteiger partial charge in [-0.05, 0) is 12.8 Å². The third-order valence-electron chi connectivity index (χ3n) is 4.33. The number of carbonyl (C=O) groups is 2. The largest absolute Gasteiger partial charge is 0.391 e. The predicted molar refractivity (Wildman–Crippen MR) is 106 cm³/mol. The first-order valence-electron chi connectivity index (χ1n) is 10.1. The zero-order valence-corrected chi connectivity index (χ0v) is 17.5. The first-order chi connectivity index (χ1) is 12.0. The van der Waals surface area contributed by atoms with E-state index in [1.807, 2.05) is 0 Å². The zero-order valence-electron chi connectivity index (χ0n) is 16.0. The normalized spacial score (nSPS) is 13.4. The van der Waals surface area contributed by atoms with E-state index in [4.69, 9.17) is 27.9 Å². The summed E-state index contributed by atoms with van der Waals surface area (Å²) in [5.41, 5.74) is 0. The van der Waals surface area contributed by atoms with Gasteiger partial charge < -0.3 is 4.74 Å². The summed E-state index contributed by atoms with van der Waals surface area (Å²) in [7, 11) is 0. The van der Waals surface area contributed by atoms with Crippen molar-refractivity contribution in [1.82, 2.24) is 0 Å². The molecule has 0 aliphatic carbocycles. The van der Waals surface area contributed by atoms with Crippen LogP contribution in [0.25, 0.3) is 0 Å². The van der Waals surface area contributed by atoms with Crippen LogP contribution >= 0.6 is 23.2 Å². The summed E-state index contributed by atoms with van der Waals surface area (Å²) in [6, 6.07) is 0. The first-order valence-corrected chi connectivity index (χ1v) is 10.9. The minimum Gasteiger partial charge on any atom is -0.391 e. The highest BCUT2D eigenvalue weighted by molar-refractivity contribution is 6.33. The molecular weight excluding hydrogens is 359 g/mol. The van der Waals surface area contributed by atoms with Crippen LogP contribution in [0.1, 0.15) is 104 Å². The number of hydrogen-bond acceptors (Lipinski definition) is 3. The van der Waals surface area contributed by atoms with Gasteiger partial charge in [0.15, 0.2) is 0 Å². The molecule has 0 saturated heterocycles. The maximum Gasteiger partial charge on any atom is 0.331 e. The highest BCUT2D eigenvalue weighted by atomic mass is 35.5. The molecule has 0 aliphatic rings. The fraction of sp³-hybridized carbons (Fsp3) is 0.900. The van der Waals surface area contributed by atoms with Crippen molar-refractivity contribution < 1.29 is 14.3 Å². The van der Waals surface area contributed by atoms with Gasteiger partial charge in [0.2, 0.25) is 0 Å². The molecule has 0 aliphatic heterocycles. The van der Waals surface area contributed by atoms with Crippen molar-refractivity contribution in [1.29, 1.82) is 0 Å². The molecule has 0 spiro atoms. The average molecular weight is 395 g/mol. The van der Waals surface area contributed by atoms with Crippen LogP contribution in [0.2, 0.25) is 0 Å². The van der Waals surface area contributed by atoms with Gasteiger partial charge in [0.05, 0.1) is 0 Å². The van der Waals surface area contributed by atoms with Crippen molar-refractivity contribution in [3.63, 3.8) is 0 Å². The van der Waals surface area contributed by atoms with Crippen molar-refractivity contribution in [2.75, 3.05) is 0 Å². The number of unbranched alkanes of at least 4 members (excludes halogenated alkanes) is 10. The minimum absolute atomic E-state index is 0.546. The van der Waals surface area contributed by atoms with Crippen LogP contribution in [0.3, 0.4) is 0 Å². The van der Waals surface area contributed by atoms with Gasteiger partial charge >= 0.3 is 11.9 Å². The second kappa shape index (κ2) is 17.1. The summed E-state index contributed by atoms with van der Waals surface area (Å²) in [5.74, 6) is -1.32. The summed E-state index contributed by atoms with van der Waals surface area (Å²) >= 11 is 12.1. The van der Waals surface area contributed by atoms with Crippen molar-refractivity contribution in [2.45, 2.75) is 114 Å². The Balaban J connectivity index is 3.77. The van der Waals surface area contributed by atoms with E-state index in [0.717, 1.165) is 38.5 Å². The molecule has 148 valence electrons. The van der Waals surface area contributed by atoms with Crippen molar-refractivity contribution in [3.05, 3.63) is 0 Å². The van der Waals surface area contributed by atoms with E-state index in [9.17, 15) is 9.59 Å². The van der Waals surface area contributed by atoms with Crippen LogP contribution in [0.5, 0.6) is 0 Å². The van der Waals surface area contributed by atoms with E-state index in [-0.39, 0.29) is 0 Å². The van der Waals surface area contributed by atoms with Crippen molar-refractivity contribution >= 4 is 35.1 Å². The topological polar surface area (TPSA) is 43.4 Å². The lowest BCUT2D eigenvalue weighted by molar-refractivity contribution is -0.159. The minimum atomic E-state index is -0.756. The maximum absolute atomic E-state index is 11.8. The van der Waals surface area contributed by atoms with Crippen LogP contribution in [0, 0.1) is 0 Å². The molecule has 2 atom stereocenters. The van der Waals surface area contributed by atoms with Gasteiger partial charge in [0.1, 0.15) is 10.8 Å². The summed E-state index contributed by atoms with van der Waals surface area (Å²) in [4.78, 5) is 23.7. The fourth-order valence-corrected chi connectivity index (χ4v) is 3.07. The SMILES string of the molecule is CCCCCCCCC(Cl)C(=O)OC(=O)C(Cl)CCCCCCCC. The predicted octanol–water partition coefficient (Wildman–Crippen LogP) is 6.77. The summed E-state index contributed by atoms with van der Waals surface area (Å²) < 4.78 is 4.82. The van der Waals surface area contributed by atoms with E-state index >= 15 is 0 Å². The van der Waals surface area contributed by atoms with E-state index in [2.05, 4.69) is 13.8 Å². The quantitative estimate of drug-likeness (QED) is 0.125. The Morgan fingerprint density at radius 3 is 1.32 bits per heavy atom. The van der Waals surface area contributed by atoms with Crippen LogP contribution in [0.15, 0.2) is 0 Å². The molecule has 3 nitrogen and oxygen atoms in total. The molecule has 0 saturated carbocycles. The molecule has 0 amide bonds. The molecule has 0 aromatic carbocycles. The van der Waals surface area contributed by atoms with Gasteiger partial charge in [-0.25, -0.2) is 9.59 Å². The van der Waals surface area contributed by atoms with Gasteiger partial charge in [-0.3, -0.25) is 0 Å². The second-order valence-corrected chi connectivity index (χ2v) is 7.84. The van der Waals surface area contributed by atoms with Gasteiger partial charge in [-0.15, -0.1) is 23.2 Å². The Labute approximate surface area is 164 Å². The Bertz CT molecular complexity index is 316. The third-order valence-corrected chi connectivity index (χ3v) is 5.13. The van der Waals surface area contributed by atoms with Crippen molar-refractivity contribution in [3.8, 4) is 0 Å². The Morgan fingerprint density at radius 2 is 0.960 bits per heavy atom. The van der Waals surface area contributed by atoms with E-state index in [1.165, 1.54) is 38.5 Å². The molecule has 2 unspecified atom stereocenters. The lowest BCUT2D eigenvalue weighted by atomic mass is 10.1. The number of rotatable bonds is 16. The number of hydrogen-bond donors (Lipinski definition) is 0. The molecule has 0 radical (unpaired) electrons. The highest BCUT2D eigenvalue weighted by Gasteiger charge is 2.24. The molecule has 0 bridgehead atoms. The summed E-state index contributed by atoms with van der Waals surface area (Å²) in [5, 5.41) is -1.51. The zero-order chi connectivity index (χ0) is 18.9. The van der Waals surface area contributed by atoms with Gasteiger partial charge in [0, 0.05) is 0 Å². The number of ether oxygens (including phenoxy) is 1. The van der Waals surface area contributed by atoms with Crippen LogP contribution in [-0.2, 0) is 14.3 Å². The van der Waals surface area contributed by atoms with Crippen LogP contribution in [0.4, 0.5) is 0 Å². The Morgan fingerprint density at radius 1 is 0.640 bits per heavy atom. The number of esters is 2. The van der Waals surface area contributed by atoms with E-state index < -0.39 is 22.7 Å². The average Bonchev–Trinajstić information content (AvgIpc) is 2.60. The molecule has 0 rings (SSSR count). The molecular formula is C20H36Cl2O3. The maximum atomic E-state index is 11.8. The summed E-state index contributed by atoms with van der Waals surface area (Å²) in [6.07, 6.45) is 14.6. The lowest BCUT2D eigenvalue weighted by Crippen LogP contribution is -2.26. The Hall–Kier alpha value is -0.280. The highest BCUT2D eigenvalue weighted by Crippen LogP contribution is 2.16. The number of carbonyl (C=O) groups excluding carboxylic acids is 2. The molecule has 0 heterocycles. The van der Waals surface area contributed by atoms with Gasteiger partial charge in [-0.1, -0.05) is 90.9 Å². The molecule has 0 fully saturated rings. The molecule has 5 heteroatoms. The van der Waals surface area contributed by atoms with Gasteiger partial charge in [-0.2, -0.15) is 0 Å². The second-order valence-electron chi connectivity index (χ2n) is 6.79. The van der Waals surface area contributed by atoms with E-state index in [1.54, 1.807) is 0 Å². The van der Waals surface area contributed by atoms with Crippen molar-refractivity contribution in [2.24, 2.45) is 0 Å². The molecule has 0 aromatic rings. The monoisotopic (exact) mass is 394 g/mol. The van der Waals surface area contributed by atoms with E-state index in [0.29, 0.717) is 12.8 Å². The summed E-state index contributed by atoms with van der Waals surface area (Å²) in [6.45, 7) is 4.36.